The summed E-state index contributed by atoms with van der Waals surface area (Å²) in [7, 11) is 0. The van der Waals surface area contributed by atoms with Gasteiger partial charge in [0.1, 0.15) is 5.75 Å². The van der Waals surface area contributed by atoms with Gasteiger partial charge in [0, 0.05) is 11.9 Å². The maximum Gasteiger partial charge on any atom is 3.00 e. The maximum atomic E-state index is 6.06. The number of aromatic nitrogens is 3. The van der Waals surface area contributed by atoms with E-state index in [1.807, 2.05) is 66.7 Å². The smallest absolute Gasteiger partial charge is 0.527 e. The molecule has 5 aromatic rings. The molecule has 2 aromatic heterocycles. The minimum Gasteiger partial charge on any atom is -0.527 e. The summed E-state index contributed by atoms with van der Waals surface area (Å²) in [6.45, 7) is 0. The average molecular weight is 636 g/mol. The van der Waals surface area contributed by atoms with Crippen molar-refractivity contribution in [3.05, 3.63) is 104 Å². The number of pyridine rings is 1. The fraction of sp³-hybridized carbons (Fsp3) is 0.200. The van der Waals surface area contributed by atoms with Gasteiger partial charge < -0.3 is 18.9 Å². The second kappa shape index (κ2) is 10.6. The molecule has 3 aromatic carbocycles. The zero-order valence-electron chi connectivity index (χ0n) is 19.3. The summed E-state index contributed by atoms with van der Waals surface area (Å²) in [4.78, 5) is 4.22. The van der Waals surface area contributed by atoms with Crippen LogP contribution in [0.3, 0.4) is 0 Å². The molecule has 5 heteroatoms. The Labute approximate surface area is 219 Å². The Hall–Kier alpha value is -3.27. The van der Waals surface area contributed by atoms with Crippen LogP contribution in [0.5, 0.6) is 11.5 Å². The van der Waals surface area contributed by atoms with Crippen LogP contribution in [0.2, 0.25) is 0 Å². The third kappa shape index (κ3) is 4.67. The van der Waals surface area contributed by atoms with Gasteiger partial charge in [-0.1, -0.05) is 30.7 Å². The van der Waals surface area contributed by atoms with Crippen molar-refractivity contribution in [2.75, 3.05) is 0 Å². The number of rotatable bonds is 2. The maximum absolute atomic E-state index is 6.06. The van der Waals surface area contributed by atoms with Crippen molar-refractivity contribution in [3.8, 4) is 28.4 Å². The second-order valence-corrected chi connectivity index (χ2v) is 8.70. The summed E-state index contributed by atoms with van der Waals surface area (Å²) in [5.74, 6) is 1.76. The van der Waals surface area contributed by atoms with E-state index in [9.17, 15) is 0 Å². The van der Waals surface area contributed by atoms with Crippen LogP contribution in [0.15, 0.2) is 85.1 Å². The van der Waals surface area contributed by atoms with Crippen LogP contribution in [-0.2, 0) is 20.1 Å². The zero-order valence-corrected chi connectivity index (χ0v) is 21.7. The van der Waals surface area contributed by atoms with Gasteiger partial charge in [-0.25, -0.2) is 0 Å². The molecule has 3 heterocycles. The molecule has 0 N–H and O–H groups in total. The summed E-state index contributed by atoms with van der Waals surface area (Å²) < 4.78 is 10.5. The minimum absolute atomic E-state index is 0. The summed E-state index contributed by atoms with van der Waals surface area (Å²) in [6, 6.07) is 32.8. The van der Waals surface area contributed by atoms with Crippen LogP contribution in [0, 0.1) is 18.5 Å². The van der Waals surface area contributed by atoms with Crippen LogP contribution in [0.1, 0.15) is 38.1 Å². The van der Waals surface area contributed by atoms with E-state index < -0.39 is 0 Å². The van der Waals surface area contributed by atoms with E-state index in [1.165, 1.54) is 37.6 Å². The van der Waals surface area contributed by atoms with E-state index in [1.54, 1.807) is 6.20 Å². The molecule has 174 valence electrons. The fourth-order valence-corrected chi connectivity index (χ4v) is 4.87. The minimum atomic E-state index is 0. The van der Waals surface area contributed by atoms with Gasteiger partial charge in [0.25, 0.3) is 0 Å². The van der Waals surface area contributed by atoms with Crippen molar-refractivity contribution < 1.29 is 29.4 Å². The molecule has 0 saturated heterocycles. The van der Waals surface area contributed by atoms with Crippen LogP contribution in [0.25, 0.3) is 28.0 Å². The van der Waals surface area contributed by atoms with Crippen molar-refractivity contribution in [2.24, 2.45) is 0 Å². The van der Waals surface area contributed by atoms with Gasteiger partial charge in [0.05, 0.1) is 17.1 Å². The summed E-state index contributed by atoms with van der Waals surface area (Å²) in [5, 5.41) is 0. The first kappa shape index (κ1) is 23.5. The van der Waals surface area contributed by atoms with Gasteiger partial charge in [-0.3, -0.25) is 0 Å². The van der Waals surface area contributed by atoms with Crippen LogP contribution < -0.4 is 9.30 Å². The van der Waals surface area contributed by atoms with Gasteiger partial charge in [-0.15, -0.1) is 42.0 Å². The molecule has 1 fully saturated rings. The summed E-state index contributed by atoms with van der Waals surface area (Å²) in [5.41, 5.74) is 5.30. The molecule has 0 amide bonds. The molecule has 2 aliphatic rings. The van der Waals surface area contributed by atoms with Crippen LogP contribution in [-0.4, -0.2) is 9.55 Å². The largest absolute Gasteiger partial charge is 3.00 e. The number of imidazole rings is 1. The van der Waals surface area contributed by atoms with Crippen molar-refractivity contribution in [3.63, 3.8) is 0 Å². The van der Waals surface area contributed by atoms with Crippen molar-refractivity contribution in [2.45, 2.75) is 38.1 Å². The number of ether oxygens (including phenoxy) is 1. The summed E-state index contributed by atoms with van der Waals surface area (Å²) in [6.07, 6.45) is 11.9. The third-order valence-corrected chi connectivity index (χ3v) is 6.50. The Morgan fingerprint density at radius 1 is 0.829 bits per heavy atom. The molecule has 4 nitrogen and oxygen atoms in total. The quantitative estimate of drug-likeness (QED) is 0.157. The Morgan fingerprint density at radius 2 is 1.66 bits per heavy atom. The van der Waals surface area contributed by atoms with Crippen LogP contribution in [0.4, 0.5) is 0 Å². The molecule has 0 spiro atoms. The molecular weight excluding hydrogens is 611 g/mol. The number of para-hydroxylation sites is 2. The molecule has 1 saturated carbocycles. The van der Waals surface area contributed by atoms with Gasteiger partial charge in [-0.2, -0.15) is 18.2 Å². The number of benzene rings is 3. The first-order chi connectivity index (χ1) is 16.9. The zero-order chi connectivity index (χ0) is 22.7. The van der Waals surface area contributed by atoms with E-state index in [0.29, 0.717) is 6.04 Å². The number of hydrogen-bond donors (Lipinski definition) is 0. The van der Waals surface area contributed by atoms with Gasteiger partial charge in [0.2, 0.25) is 6.33 Å². The molecule has 35 heavy (non-hydrogen) atoms. The van der Waals surface area contributed by atoms with Gasteiger partial charge >= 0.3 is 20.1 Å². The third-order valence-electron chi connectivity index (χ3n) is 6.50. The normalized spacial score (nSPS) is 14.2. The van der Waals surface area contributed by atoms with Gasteiger partial charge in [-0.05, 0) is 49.2 Å². The molecule has 0 bridgehead atoms. The molecule has 1 aliphatic heterocycles. The van der Waals surface area contributed by atoms with E-state index in [-0.39, 0.29) is 20.1 Å². The molecular formula is C30H25IrN3O+. The molecule has 1 aliphatic carbocycles. The van der Waals surface area contributed by atoms with E-state index in [0.717, 1.165) is 34.0 Å². The van der Waals surface area contributed by atoms with Gasteiger partial charge in [0.15, 0.2) is 0 Å². The number of fused-ring (bicyclic) bond motifs is 2. The van der Waals surface area contributed by atoms with Crippen molar-refractivity contribution in [1.82, 2.24) is 9.55 Å². The van der Waals surface area contributed by atoms with Crippen molar-refractivity contribution >= 4 is 11.0 Å². The van der Waals surface area contributed by atoms with Crippen LogP contribution >= 0.6 is 0 Å². The fourth-order valence-electron chi connectivity index (χ4n) is 4.87. The van der Waals surface area contributed by atoms with Crippen molar-refractivity contribution in [1.29, 1.82) is 0 Å². The number of nitrogens with zero attached hydrogens (tertiary/aromatic N) is 3. The average Bonchev–Trinajstić information content (AvgIpc) is 3.32. The Kier molecular flexibility index (Phi) is 7.08. The Morgan fingerprint density at radius 3 is 2.46 bits per heavy atom. The number of hydrogen-bond acceptors (Lipinski definition) is 2. The summed E-state index contributed by atoms with van der Waals surface area (Å²) >= 11 is 0. The predicted molar refractivity (Wildman–Crippen MR) is 132 cm³/mol. The SMILES string of the molecule is [Ir+3].[c-]1cccc2c1-[n+]1[c-]n(C3CCCCC3)c3cccc(c31)O2.[c-]1ccccc1-c1ccccn1. The first-order valence-electron chi connectivity index (χ1n) is 11.9. The van der Waals surface area contributed by atoms with E-state index in [4.69, 9.17) is 4.74 Å². The Bertz CT molecular complexity index is 1370. The standard InChI is InChI=1S/C19H17N2O.C11H8N.Ir/c1-2-7-14(8-3-1)20-13-21-15-9-4-5-11-17(15)22-18-12-6-10-16(20)19(18)21;1-2-6-10(7-3-1)11-8-4-5-9-12-11;/h4-6,10-12,14H,1-3,7-8H2;1-6,8-9H;/q2*-1;+3. The molecule has 0 radical (unpaired) electrons. The first-order valence-corrected chi connectivity index (χ1v) is 11.9. The Balaban J connectivity index is 0.000000167. The van der Waals surface area contributed by atoms with E-state index >= 15 is 0 Å². The van der Waals surface area contributed by atoms with E-state index in [2.05, 4.69) is 44.7 Å². The molecule has 0 unspecified atom stereocenters. The molecule has 7 rings (SSSR count). The molecule has 0 atom stereocenters. The predicted octanol–water partition coefficient (Wildman–Crippen LogP) is 6.68. The second-order valence-electron chi connectivity index (χ2n) is 8.70. The monoisotopic (exact) mass is 636 g/mol. The topological polar surface area (TPSA) is 30.9 Å².